The molecule has 43 heavy (non-hydrogen) atoms. The molecule has 7 atom stereocenters. The lowest BCUT2D eigenvalue weighted by Gasteiger charge is -2.19. The molecule has 0 aliphatic rings. The number of benzene rings is 1. The fourth-order valence-corrected chi connectivity index (χ4v) is 5.74. The highest BCUT2D eigenvalue weighted by molar-refractivity contribution is 7.52. The summed E-state index contributed by atoms with van der Waals surface area (Å²) >= 11 is 0. The molecule has 1 rings (SSSR count). The number of ketones is 1. The summed E-state index contributed by atoms with van der Waals surface area (Å²) in [5, 5.41) is 0. The number of rotatable bonds is 22. The first-order valence-corrected chi connectivity index (χ1v) is 18.7. The van der Waals surface area contributed by atoms with Gasteiger partial charge in [-0.2, -0.15) is 0 Å². The molecular weight excluding hydrogens is 748 g/mol. The van der Waals surface area contributed by atoms with Crippen molar-refractivity contribution in [2.75, 3.05) is 6.61 Å². The van der Waals surface area contributed by atoms with Crippen LogP contribution in [0.3, 0.4) is 0 Å². The molecule has 2 N–H and O–H groups in total. The predicted octanol–water partition coefficient (Wildman–Crippen LogP) is 7.68. The van der Waals surface area contributed by atoms with Crippen molar-refractivity contribution < 1.29 is 114 Å². The van der Waals surface area contributed by atoms with Crippen molar-refractivity contribution in [3.05, 3.63) is 35.9 Å². The average molecular weight is 764 g/mol. The second-order valence-electron chi connectivity index (χ2n) is 6.92. The van der Waals surface area contributed by atoms with Crippen LogP contribution in [0, 0.1) is 0 Å². The Bertz CT molecular complexity index is 1360. The van der Waals surface area contributed by atoms with Crippen molar-refractivity contribution in [2.45, 2.75) is 25.4 Å². The van der Waals surface area contributed by atoms with Crippen LogP contribution >= 0.6 is 47.4 Å². The van der Waals surface area contributed by atoms with Gasteiger partial charge in [0.2, 0.25) is 0 Å². The van der Waals surface area contributed by atoms with Gasteiger partial charge < -0.3 is 0 Å². The maximum atomic E-state index is 14.3. The second-order valence-corrected chi connectivity index (χ2v) is 13.8. The molecule has 0 aliphatic heterocycles. The SMILES string of the molecule is O=C(CC(CCCOP(=O)(O)F)OP(=O)(F)OOP(=O)(F)OOP(=O)(F)OOP(=O)(F)OOP(=O)(O)F)c1ccccc1. The first kappa shape index (κ1) is 40.4. The highest BCUT2D eigenvalue weighted by Crippen LogP contribution is 2.65. The van der Waals surface area contributed by atoms with Crippen molar-refractivity contribution in [1.82, 2.24) is 0 Å². The molecule has 0 aliphatic carbocycles. The van der Waals surface area contributed by atoms with E-state index in [1.165, 1.54) is 30.3 Å². The molecule has 31 heteroatoms. The Hall–Kier alpha value is -0.630. The van der Waals surface area contributed by atoms with Crippen LogP contribution in [-0.4, -0.2) is 28.3 Å². The molecule has 0 amide bonds. The minimum atomic E-state index is -6.68. The van der Waals surface area contributed by atoms with E-state index < -0.39 is 85.2 Å². The van der Waals surface area contributed by atoms with E-state index in [9.17, 15) is 57.4 Å². The zero-order valence-electron chi connectivity index (χ0n) is 20.1. The van der Waals surface area contributed by atoms with E-state index >= 15 is 0 Å². The third-order valence-electron chi connectivity index (χ3n) is 3.55. The average Bonchev–Trinajstić information content (AvgIpc) is 2.86. The van der Waals surface area contributed by atoms with Gasteiger partial charge in [-0.25, -0.2) is 27.4 Å². The number of halogens is 6. The fourth-order valence-electron chi connectivity index (χ4n) is 2.18. The molecular formula is C12H16F6O19P6. The highest BCUT2D eigenvalue weighted by Gasteiger charge is 2.43. The first-order chi connectivity index (χ1) is 19.4. The summed E-state index contributed by atoms with van der Waals surface area (Å²) in [5.41, 5.74) is 0.0153. The molecule has 1 aromatic rings. The monoisotopic (exact) mass is 764 g/mol. The molecule has 0 radical (unpaired) electrons. The third kappa shape index (κ3) is 20.2. The number of hydrogen-bond donors (Lipinski definition) is 2. The summed E-state index contributed by atoms with van der Waals surface area (Å²) in [6, 6.07) is 6.94. The molecule has 0 spiro atoms. The fraction of sp³-hybridized carbons (Fsp3) is 0.417. The van der Waals surface area contributed by atoms with E-state index in [1.54, 1.807) is 0 Å². The quantitative estimate of drug-likeness (QED) is 0.0286. The maximum absolute atomic E-state index is 14.3. The zero-order chi connectivity index (χ0) is 33.2. The lowest BCUT2D eigenvalue weighted by molar-refractivity contribution is -0.231. The van der Waals surface area contributed by atoms with Crippen molar-refractivity contribution in [2.24, 2.45) is 0 Å². The number of carbonyl (C=O) groups is 1. The predicted molar refractivity (Wildman–Crippen MR) is 121 cm³/mol. The molecule has 0 saturated heterocycles. The van der Waals surface area contributed by atoms with Gasteiger partial charge >= 0.3 is 47.4 Å². The number of hydrogen-bond acceptors (Lipinski definition) is 17. The Morgan fingerprint density at radius 1 is 0.651 bits per heavy atom. The Balaban J connectivity index is 2.74. The summed E-state index contributed by atoms with van der Waals surface area (Å²) < 4.78 is 177. The van der Waals surface area contributed by atoms with Gasteiger partial charge in [0.05, 0.1) is 12.7 Å². The van der Waals surface area contributed by atoms with Crippen molar-refractivity contribution in [3.8, 4) is 0 Å². The summed E-state index contributed by atoms with van der Waals surface area (Å²) in [4.78, 5) is 28.8. The van der Waals surface area contributed by atoms with Gasteiger partial charge in [0.25, 0.3) is 0 Å². The smallest absolute Gasteiger partial charge is 0.299 e. The van der Waals surface area contributed by atoms with Crippen LogP contribution in [0.2, 0.25) is 0 Å². The molecule has 0 heterocycles. The Labute approximate surface area is 235 Å². The van der Waals surface area contributed by atoms with E-state index in [-0.39, 0.29) is 5.56 Å². The van der Waals surface area contributed by atoms with Gasteiger partial charge in [0.15, 0.2) is 5.78 Å². The largest absolute Gasteiger partial charge is 0.569 e. The zero-order valence-corrected chi connectivity index (χ0v) is 25.4. The van der Waals surface area contributed by atoms with Crippen molar-refractivity contribution >= 4 is 53.2 Å². The van der Waals surface area contributed by atoms with Crippen LogP contribution in [0.25, 0.3) is 0 Å². The van der Waals surface area contributed by atoms with Crippen LogP contribution in [0.4, 0.5) is 25.2 Å². The maximum Gasteiger partial charge on any atom is 0.569 e. The van der Waals surface area contributed by atoms with Crippen LogP contribution in [0.5, 0.6) is 0 Å². The molecule has 19 nitrogen and oxygen atoms in total. The summed E-state index contributed by atoms with van der Waals surface area (Å²) in [6.45, 7) is -0.813. The van der Waals surface area contributed by atoms with Gasteiger partial charge in [0, 0.05) is 12.0 Å². The van der Waals surface area contributed by atoms with Gasteiger partial charge in [-0.3, -0.25) is 23.6 Å². The standard InChI is InChI=1S/C12H16F6O19P6/c13-38(20,21)28-8-4-7-11(9-12(19)10-5-2-1-3-6-10)29-40(15,24)32-33-42(17,26)36-37-43(18,27)35-34-41(16,25)31-30-39(14,22)23/h1-3,5-6,11H,4,7-9H2,(H,20,21)(H,22,23). The van der Waals surface area contributed by atoms with Gasteiger partial charge in [0.1, 0.15) is 0 Å². The van der Waals surface area contributed by atoms with E-state index in [0.29, 0.717) is 0 Å². The lowest BCUT2D eigenvalue weighted by Crippen LogP contribution is -2.18. The normalized spacial score (nSPS) is 21.2. The summed E-state index contributed by atoms with van der Waals surface area (Å²) in [6.07, 6.45) is -3.68. The molecule has 7 unspecified atom stereocenters. The van der Waals surface area contributed by atoms with Gasteiger partial charge in [-0.1, -0.05) is 30.3 Å². The van der Waals surface area contributed by atoms with Crippen LogP contribution in [0.1, 0.15) is 29.6 Å². The number of carbonyl (C=O) groups excluding carboxylic acids is 1. The van der Waals surface area contributed by atoms with Crippen LogP contribution in [0.15, 0.2) is 30.3 Å². The van der Waals surface area contributed by atoms with Gasteiger partial charge in [-0.05, 0) is 12.8 Å². The Kier molecular flexibility index (Phi) is 15.8. The minimum absolute atomic E-state index is 0.0153. The Morgan fingerprint density at radius 2 is 1.07 bits per heavy atom. The molecule has 0 bridgehead atoms. The number of Topliss-reactive ketones (excluding diaryl/α,β-unsaturated/α-hetero) is 1. The molecule has 0 aromatic heterocycles. The Morgan fingerprint density at radius 3 is 1.49 bits per heavy atom. The van der Waals surface area contributed by atoms with E-state index in [4.69, 9.17) is 9.79 Å². The highest BCUT2D eigenvalue weighted by atomic mass is 31.2. The van der Waals surface area contributed by atoms with E-state index in [2.05, 4.69) is 46.4 Å². The topological polar surface area (TPSA) is 252 Å². The van der Waals surface area contributed by atoms with Gasteiger partial charge in [-0.15, -0.1) is 62.6 Å². The van der Waals surface area contributed by atoms with E-state index in [0.717, 1.165) is 0 Å². The molecule has 0 saturated carbocycles. The first-order valence-electron chi connectivity index (χ1n) is 10.1. The third-order valence-corrected chi connectivity index (χ3v) is 7.10. The molecule has 1 aromatic carbocycles. The van der Waals surface area contributed by atoms with Crippen molar-refractivity contribution in [1.29, 1.82) is 0 Å². The van der Waals surface area contributed by atoms with E-state index in [1.807, 2.05) is 0 Å². The van der Waals surface area contributed by atoms with Crippen LogP contribution in [-0.2, 0) is 73.8 Å². The van der Waals surface area contributed by atoms with Crippen LogP contribution < -0.4 is 0 Å². The molecule has 0 fully saturated rings. The molecule has 250 valence electrons. The summed E-state index contributed by atoms with van der Waals surface area (Å²) in [5.74, 6) is -0.788. The minimum Gasteiger partial charge on any atom is -0.299 e. The lowest BCUT2D eigenvalue weighted by atomic mass is 10.0. The second kappa shape index (κ2) is 16.8. The van der Waals surface area contributed by atoms with Crippen molar-refractivity contribution in [3.63, 3.8) is 0 Å². The summed E-state index contributed by atoms with van der Waals surface area (Å²) in [7, 11) is -37.7.